The van der Waals surface area contributed by atoms with Gasteiger partial charge in [-0.1, -0.05) is 37.6 Å². The molecule has 0 aliphatic heterocycles. The summed E-state index contributed by atoms with van der Waals surface area (Å²) in [6.45, 7) is 6.36. The Labute approximate surface area is 201 Å². The van der Waals surface area contributed by atoms with Crippen LogP contribution < -0.4 is 0 Å². The smallest absolute Gasteiger partial charge is 0.302 e. The number of aromatic nitrogens is 2. The van der Waals surface area contributed by atoms with Crippen molar-refractivity contribution in [1.82, 2.24) is 9.55 Å². The molecule has 2 fully saturated rings. The molecule has 4 aliphatic rings. The molecule has 6 rings (SSSR count). The molecule has 1 heterocycles. The summed E-state index contributed by atoms with van der Waals surface area (Å²) in [5, 5.41) is 0. The Morgan fingerprint density at radius 2 is 1.91 bits per heavy atom. The van der Waals surface area contributed by atoms with Gasteiger partial charge in [-0.25, -0.2) is 4.98 Å². The maximum Gasteiger partial charge on any atom is 0.302 e. The number of fused-ring (bicyclic) bond motifs is 6. The van der Waals surface area contributed by atoms with Gasteiger partial charge in [0, 0.05) is 30.0 Å². The van der Waals surface area contributed by atoms with Crippen molar-refractivity contribution in [3.63, 3.8) is 0 Å². The number of para-hydroxylation sites is 2. The molecule has 2 saturated carbocycles. The molecule has 1 aromatic carbocycles. The molecule has 0 amide bonds. The number of ether oxygens (including phenoxy) is 1. The number of hydrogen-bond donors (Lipinski definition) is 0. The van der Waals surface area contributed by atoms with Crippen LogP contribution in [0, 0.1) is 28.6 Å². The summed E-state index contributed by atoms with van der Waals surface area (Å²) in [5.74, 6) is 1.48. The molecule has 0 unspecified atom stereocenters. The summed E-state index contributed by atoms with van der Waals surface area (Å²) < 4.78 is 7.80. The first-order valence-corrected chi connectivity index (χ1v) is 12.8. The molecule has 5 heteroatoms. The molecule has 34 heavy (non-hydrogen) atoms. The molecule has 1 aromatic heterocycles. The first kappa shape index (κ1) is 21.8. The Bertz CT molecular complexity index is 1240. The van der Waals surface area contributed by atoms with E-state index >= 15 is 0 Å². The van der Waals surface area contributed by atoms with Crippen LogP contribution in [0.2, 0.25) is 0 Å². The Balaban J connectivity index is 1.35. The number of aldehydes is 1. The summed E-state index contributed by atoms with van der Waals surface area (Å²) in [4.78, 5) is 28.5. The third kappa shape index (κ3) is 3.01. The molecule has 0 bridgehead atoms. The predicted octanol–water partition coefficient (Wildman–Crippen LogP) is 5.95. The number of imidazole rings is 1. The molecule has 178 valence electrons. The topological polar surface area (TPSA) is 61.2 Å². The van der Waals surface area contributed by atoms with Crippen molar-refractivity contribution in [1.29, 1.82) is 0 Å². The van der Waals surface area contributed by atoms with Crippen molar-refractivity contribution in [3.05, 3.63) is 47.8 Å². The Kier molecular flexibility index (Phi) is 4.91. The van der Waals surface area contributed by atoms with Gasteiger partial charge in [-0.3, -0.25) is 9.59 Å². The predicted molar refractivity (Wildman–Crippen MR) is 132 cm³/mol. The normalized spacial score (nSPS) is 37.0. The van der Waals surface area contributed by atoms with Gasteiger partial charge in [0.1, 0.15) is 18.7 Å². The molecule has 2 aromatic rings. The molecule has 0 saturated heterocycles. The molecule has 5 nitrogen and oxygen atoms in total. The van der Waals surface area contributed by atoms with E-state index in [-0.39, 0.29) is 22.9 Å². The van der Waals surface area contributed by atoms with Crippen LogP contribution in [-0.2, 0) is 14.3 Å². The van der Waals surface area contributed by atoms with Crippen LogP contribution in [-0.4, -0.2) is 27.9 Å². The van der Waals surface area contributed by atoms with Crippen LogP contribution in [0.15, 0.2) is 47.8 Å². The second kappa shape index (κ2) is 7.66. The van der Waals surface area contributed by atoms with Gasteiger partial charge >= 0.3 is 5.97 Å². The molecule has 0 spiro atoms. The summed E-state index contributed by atoms with van der Waals surface area (Å²) in [6, 6.07) is 8.22. The lowest BCUT2D eigenvalue weighted by molar-refractivity contribution is -0.148. The summed E-state index contributed by atoms with van der Waals surface area (Å²) in [7, 11) is 0. The van der Waals surface area contributed by atoms with E-state index in [1.807, 2.05) is 24.5 Å². The monoisotopic (exact) mass is 458 g/mol. The molecular formula is C29H34N2O3. The average molecular weight is 459 g/mol. The number of nitrogens with zero attached hydrogens (tertiary/aromatic N) is 2. The zero-order valence-electron chi connectivity index (χ0n) is 20.4. The van der Waals surface area contributed by atoms with Crippen molar-refractivity contribution < 1.29 is 14.3 Å². The second-order valence-corrected chi connectivity index (χ2v) is 11.5. The number of esters is 1. The van der Waals surface area contributed by atoms with Gasteiger partial charge < -0.3 is 9.30 Å². The van der Waals surface area contributed by atoms with Crippen LogP contribution in [0.3, 0.4) is 0 Å². The average Bonchev–Trinajstić information content (AvgIpc) is 3.36. The number of carbonyl (C=O) groups is 2. The highest BCUT2D eigenvalue weighted by Crippen LogP contribution is 2.66. The highest BCUT2D eigenvalue weighted by molar-refractivity contribution is 5.90. The van der Waals surface area contributed by atoms with Crippen LogP contribution in [0.1, 0.15) is 65.7 Å². The Morgan fingerprint density at radius 3 is 2.71 bits per heavy atom. The van der Waals surface area contributed by atoms with Gasteiger partial charge in [0.05, 0.1) is 11.0 Å². The second-order valence-electron chi connectivity index (χ2n) is 11.5. The lowest BCUT2D eigenvalue weighted by Gasteiger charge is -2.57. The standard InChI is InChI=1S/C29H34N2O3/c1-18(33)34-21-10-12-28(2)20(15-21)8-9-22-23(28)11-13-29(3)24(22)14-19(16-32)27(29)31-17-30-25-6-4-5-7-26(25)31/h4-8,16-17,21-24H,9-15H2,1-3H3/t21-,22-,23+,24+,28+,29+/m1/s1. The van der Waals surface area contributed by atoms with Crippen LogP contribution >= 0.6 is 0 Å². The van der Waals surface area contributed by atoms with Crippen LogP contribution in [0.4, 0.5) is 0 Å². The number of allylic oxidation sites excluding steroid dienone is 3. The van der Waals surface area contributed by atoms with E-state index in [1.54, 1.807) is 0 Å². The molecular weight excluding hydrogens is 424 g/mol. The van der Waals surface area contributed by atoms with Gasteiger partial charge in [-0.05, 0) is 73.8 Å². The highest BCUT2D eigenvalue weighted by atomic mass is 16.5. The maximum absolute atomic E-state index is 12.4. The van der Waals surface area contributed by atoms with E-state index in [0.29, 0.717) is 17.8 Å². The fourth-order valence-electron chi connectivity index (χ4n) is 8.33. The largest absolute Gasteiger partial charge is 0.462 e. The minimum atomic E-state index is -0.172. The zero-order chi connectivity index (χ0) is 23.7. The summed E-state index contributed by atoms with van der Waals surface area (Å²) in [6.07, 6.45) is 12.6. The Morgan fingerprint density at radius 1 is 1.12 bits per heavy atom. The third-order valence-corrected chi connectivity index (χ3v) is 9.90. The van der Waals surface area contributed by atoms with E-state index < -0.39 is 0 Å². The van der Waals surface area contributed by atoms with Gasteiger partial charge in [-0.15, -0.1) is 0 Å². The maximum atomic E-state index is 12.4. The number of rotatable bonds is 3. The van der Waals surface area contributed by atoms with Gasteiger partial charge in [0.15, 0.2) is 0 Å². The fraction of sp³-hybridized carbons (Fsp3) is 0.552. The number of hydrogen-bond acceptors (Lipinski definition) is 4. The first-order chi connectivity index (χ1) is 16.3. The van der Waals surface area contributed by atoms with Crippen LogP contribution in [0.5, 0.6) is 0 Å². The molecule has 6 atom stereocenters. The molecule has 0 radical (unpaired) electrons. The van der Waals surface area contributed by atoms with Crippen molar-refractivity contribution in [2.45, 2.75) is 71.8 Å². The quantitative estimate of drug-likeness (QED) is 0.324. The SMILES string of the molecule is CC(=O)O[C@@H]1CC[C@@]2(C)C(=CC[C@@H]3[C@@H]2CC[C@]2(C)C(n4cnc5ccccc54)=C(C=O)C[C@@H]32)C1. The molecule has 4 aliphatic carbocycles. The van der Waals surface area contributed by atoms with E-state index in [2.05, 4.69) is 35.5 Å². The third-order valence-electron chi connectivity index (χ3n) is 9.90. The van der Waals surface area contributed by atoms with E-state index in [4.69, 9.17) is 4.74 Å². The first-order valence-electron chi connectivity index (χ1n) is 12.8. The minimum Gasteiger partial charge on any atom is -0.462 e. The van der Waals surface area contributed by atoms with Gasteiger partial charge in [-0.2, -0.15) is 0 Å². The van der Waals surface area contributed by atoms with E-state index in [9.17, 15) is 9.59 Å². The van der Waals surface area contributed by atoms with Crippen molar-refractivity contribution in [3.8, 4) is 0 Å². The van der Waals surface area contributed by atoms with Gasteiger partial charge in [0.2, 0.25) is 0 Å². The van der Waals surface area contributed by atoms with Crippen LogP contribution in [0.25, 0.3) is 16.7 Å². The lowest BCUT2D eigenvalue weighted by Crippen LogP contribution is -2.50. The lowest BCUT2D eigenvalue weighted by atomic mass is 9.47. The van der Waals surface area contributed by atoms with E-state index in [1.165, 1.54) is 24.6 Å². The fourth-order valence-corrected chi connectivity index (χ4v) is 8.33. The Hall–Kier alpha value is -2.69. The zero-order valence-corrected chi connectivity index (χ0v) is 20.4. The van der Waals surface area contributed by atoms with Gasteiger partial charge in [0.25, 0.3) is 0 Å². The van der Waals surface area contributed by atoms with E-state index in [0.717, 1.165) is 61.4 Å². The number of benzene rings is 1. The van der Waals surface area contributed by atoms with Crippen molar-refractivity contribution in [2.24, 2.45) is 28.6 Å². The summed E-state index contributed by atoms with van der Waals surface area (Å²) >= 11 is 0. The molecule has 0 N–H and O–H groups in total. The number of carbonyl (C=O) groups excluding carboxylic acids is 2. The summed E-state index contributed by atoms with van der Waals surface area (Å²) in [5.41, 5.74) is 5.83. The highest BCUT2D eigenvalue weighted by Gasteiger charge is 2.58. The van der Waals surface area contributed by atoms with Crippen molar-refractivity contribution >= 4 is 29.0 Å². The minimum absolute atomic E-state index is 0.0261. The van der Waals surface area contributed by atoms with Crippen molar-refractivity contribution in [2.75, 3.05) is 0 Å².